The average Bonchev–Trinajstić information content (AvgIpc) is 3.31. The number of ether oxygens (including phenoxy) is 1. The summed E-state index contributed by atoms with van der Waals surface area (Å²) in [7, 11) is 0. The maximum Gasteiger partial charge on any atom is 0.132 e. The van der Waals surface area contributed by atoms with E-state index in [-0.39, 0.29) is 17.6 Å². The van der Waals surface area contributed by atoms with E-state index in [4.69, 9.17) is 9.57 Å². The largest absolute Gasteiger partial charge is 0.508 e. The Morgan fingerprint density at radius 3 is 2.09 bits per heavy atom. The molecule has 6 nitrogen and oxygen atoms in total. The van der Waals surface area contributed by atoms with E-state index in [1.54, 1.807) is 29.3 Å². The SMILES string of the molecule is CCN(CC)CCCOc1ccc(N2OC(c3ccc(O)cc3)C=C2c2ccc(O)cc2)cc1. The molecule has 0 spiro atoms. The Labute approximate surface area is 201 Å². The monoisotopic (exact) mass is 460 g/mol. The molecule has 1 heterocycles. The Morgan fingerprint density at radius 1 is 0.853 bits per heavy atom. The highest BCUT2D eigenvalue weighted by atomic mass is 16.7. The topological polar surface area (TPSA) is 65.4 Å². The van der Waals surface area contributed by atoms with Gasteiger partial charge in [-0.15, -0.1) is 0 Å². The molecule has 1 aliphatic heterocycles. The van der Waals surface area contributed by atoms with Crippen molar-refractivity contribution in [1.82, 2.24) is 4.90 Å². The van der Waals surface area contributed by atoms with Gasteiger partial charge in [0.15, 0.2) is 0 Å². The van der Waals surface area contributed by atoms with Crippen LogP contribution >= 0.6 is 0 Å². The summed E-state index contributed by atoms with van der Waals surface area (Å²) in [5.74, 6) is 1.26. The van der Waals surface area contributed by atoms with Crippen LogP contribution in [0.4, 0.5) is 5.69 Å². The zero-order chi connectivity index (χ0) is 23.9. The van der Waals surface area contributed by atoms with E-state index in [0.717, 1.165) is 54.3 Å². The van der Waals surface area contributed by atoms with E-state index < -0.39 is 0 Å². The first-order chi connectivity index (χ1) is 16.6. The van der Waals surface area contributed by atoms with Crippen molar-refractivity contribution in [1.29, 1.82) is 0 Å². The summed E-state index contributed by atoms with van der Waals surface area (Å²) in [5, 5.41) is 21.1. The Morgan fingerprint density at radius 2 is 1.47 bits per heavy atom. The van der Waals surface area contributed by atoms with Crippen LogP contribution in [0.5, 0.6) is 17.2 Å². The quantitative estimate of drug-likeness (QED) is 0.376. The molecular weight excluding hydrogens is 428 g/mol. The minimum atomic E-state index is -0.305. The predicted octanol–water partition coefficient (Wildman–Crippen LogP) is 5.74. The second-order valence-corrected chi connectivity index (χ2v) is 8.23. The van der Waals surface area contributed by atoms with Crippen molar-refractivity contribution >= 4 is 11.4 Å². The highest BCUT2D eigenvalue weighted by Crippen LogP contribution is 2.40. The minimum Gasteiger partial charge on any atom is -0.508 e. The van der Waals surface area contributed by atoms with Gasteiger partial charge in [-0.3, -0.25) is 4.84 Å². The van der Waals surface area contributed by atoms with Crippen molar-refractivity contribution in [3.05, 3.63) is 90.0 Å². The fourth-order valence-electron chi connectivity index (χ4n) is 3.97. The van der Waals surface area contributed by atoms with Gasteiger partial charge in [-0.2, -0.15) is 0 Å². The van der Waals surface area contributed by atoms with Crippen molar-refractivity contribution in [2.45, 2.75) is 26.4 Å². The number of benzene rings is 3. The lowest BCUT2D eigenvalue weighted by molar-refractivity contribution is 0.105. The fraction of sp³-hybridized carbons (Fsp3) is 0.286. The van der Waals surface area contributed by atoms with Crippen LogP contribution in [-0.4, -0.2) is 41.4 Å². The first-order valence-electron chi connectivity index (χ1n) is 11.8. The zero-order valence-corrected chi connectivity index (χ0v) is 19.7. The number of aromatic hydroxyl groups is 2. The smallest absolute Gasteiger partial charge is 0.132 e. The third-order valence-corrected chi connectivity index (χ3v) is 5.98. The van der Waals surface area contributed by atoms with Crippen LogP contribution in [0.15, 0.2) is 78.9 Å². The highest BCUT2D eigenvalue weighted by molar-refractivity contribution is 5.80. The third-order valence-electron chi connectivity index (χ3n) is 5.98. The van der Waals surface area contributed by atoms with Gasteiger partial charge in [0.2, 0.25) is 0 Å². The molecule has 1 atom stereocenters. The first-order valence-corrected chi connectivity index (χ1v) is 11.8. The summed E-state index contributed by atoms with van der Waals surface area (Å²) < 4.78 is 5.94. The summed E-state index contributed by atoms with van der Waals surface area (Å²) in [5.41, 5.74) is 3.61. The molecule has 0 saturated carbocycles. The second kappa shape index (κ2) is 11.1. The summed E-state index contributed by atoms with van der Waals surface area (Å²) in [4.78, 5) is 8.70. The van der Waals surface area contributed by atoms with Gasteiger partial charge < -0.3 is 19.8 Å². The van der Waals surface area contributed by atoms with Gasteiger partial charge in [-0.25, -0.2) is 5.06 Å². The molecular formula is C28H32N2O4. The summed E-state index contributed by atoms with van der Waals surface area (Å²) >= 11 is 0. The van der Waals surface area contributed by atoms with Gasteiger partial charge in [0.1, 0.15) is 23.4 Å². The molecule has 4 rings (SSSR count). The minimum absolute atomic E-state index is 0.215. The Balaban J connectivity index is 1.49. The molecule has 3 aromatic carbocycles. The van der Waals surface area contributed by atoms with Crippen LogP contribution in [-0.2, 0) is 4.84 Å². The molecule has 3 aromatic rings. The van der Waals surface area contributed by atoms with E-state index in [1.807, 2.05) is 54.6 Å². The average molecular weight is 461 g/mol. The van der Waals surface area contributed by atoms with Crippen molar-refractivity contribution in [3.8, 4) is 17.2 Å². The summed E-state index contributed by atoms with van der Waals surface area (Å²) in [6.07, 6.45) is 2.72. The normalized spacial score (nSPS) is 15.6. The van der Waals surface area contributed by atoms with Crippen molar-refractivity contribution in [3.63, 3.8) is 0 Å². The molecule has 34 heavy (non-hydrogen) atoms. The first kappa shape index (κ1) is 23.7. The number of phenols is 2. The fourth-order valence-corrected chi connectivity index (χ4v) is 3.97. The van der Waals surface area contributed by atoms with Gasteiger partial charge in [-0.1, -0.05) is 26.0 Å². The standard InChI is InChI=1S/C28H32N2O4/c1-3-29(4-2)18-5-19-33-26-16-10-23(11-17-26)30-27(21-6-12-24(31)13-7-21)20-28(34-30)22-8-14-25(32)15-9-22/h6-17,20,28,31-32H,3-5,18-19H2,1-2H3. The lowest BCUT2D eigenvalue weighted by Crippen LogP contribution is -2.25. The molecule has 6 heteroatoms. The Hall–Kier alpha value is -3.48. The molecule has 0 radical (unpaired) electrons. The van der Waals surface area contributed by atoms with Gasteiger partial charge in [0, 0.05) is 12.1 Å². The van der Waals surface area contributed by atoms with Crippen molar-refractivity contribution in [2.75, 3.05) is 31.3 Å². The maximum atomic E-state index is 9.71. The third kappa shape index (κ3) is 5.71. The lowest BCUT2D eigenvalue weighted by atomic mass is 10.1. The zero-order valence-electron chi connectivity index (χ0n) is 19.7. The molecule has 1 aliphatic rings. The molecule has 0 fully saturated rings. The Kier molecular flexibility index (Phi) is 7.72. The van der Waals surface area contributed by atoms with Crippen LogP contribution < -0.4 is 9.80 Å². The van der Waals surface area contributed by atoms with E-state index in [2.05, 4.69) is 18.7 Å². The van der Waals surface area contributed by atoms with Crippen LogP contribution in [0.2, 0.25) is 0 Å². The van der Waals surface area contributed by atoms with E-state index in [1.165, 1.54) is 0 Å². The number of phenolic OH excluding ortho intramolecular Hbond substituents is 2. The van der Waals surface area contributed by atoms with Crippen LogP contribution in [0.3, 0.4) is 0 Å². The number of hydrogen-bond donors (Lipinski definition) is 2. The van der Waals surface area contributed by atoms with Crippen LogP contribution in [0.25, 0.3) is 5.70 Å². The van der Waals surface area contributed by atoms with E-state index >= 15 is 0 Å². The maximum absolute atomic E-state index is 9.71. The molecule has 2 N–H and O–H groups in total. The van der Waals surface area contributed by atoms with Crippen LogP contribution in [0, 0.1) is 0 Å². The van der Waals surface area contributed by atoms with E-state index in [9.17, 15) is 10.2 Å². The predicted molar refractivity (Wildman–Crippen MR) is 135 cm³/mol. The molecule has 0 aliphatic carbocycles. The molecule has 1 unspecified atom stereocenters. The summed E-state index contributed by atoms with van der Waals surface area (Å²) in [6.45, 7) is 8.18. The Bertz CT molecular complexity index is 1070. The molecule has 0 amide bonds. The lowest BCUT2D eigenvalue weighted by Gasteiger charge is -2.23. The number of hydroxylamine groups is 1. The second-order valence-electron chi connectivity index (χ2n) is 8.23. The van der Waals surface area contributed by atoms with E-state index in [0.29, 0.717) is 6.61 Å². The number of anilines is 1. The van der Waals surface area contributed by atoms with Gasteiger partial charge >= 0.3 is 0 Å². The number of rotatable bonds is 10. The molecule has 0 bridgehead atoms. The number of nitrogens with zero attached hydrogens (tertiary/aromatic N) is 2. The molecule has 0 aromatic heterocycles. The van der Waals surface area contributed by atoms with Crippen LogP contribution in [0.1, 0.15) is 37.5 Å². The van der Waals surface area contributed by atoms with Gasteiger partial charge in [0.05, 0.1) is 18.0 Å². The van der Waals surface area contributed by atoms with Gasteiger partial charge in [-0.05, 0) is 91.8 Å². The molecule has 178 valence electrons. The highest BCUT2D eigenvalue weighted by Gasteiger charge is 2.28. The van der Waals surface area contributed by atoms with Crippen molar-refractivity contribution in [2.24, 2.45) is 0 Å². The summed E-state index contributed by atoms with van der Waals surface area (Å²) in [6, 6.07) is 21.9. The van der Waals surface area contributed by atoms with Crippen molar-refractivity contribution < 1.29 is 19.8 Å². The van der Waals surface area contributed by atoms with Gasteiger partial charge in [0.25, 0.3) is 0 Å². The molecule has 0 saturated heterocycles. The number of hydrogen-bond acceptors (Lipinski definition) is 6.